The molecule has 2 N–H and O–H groups in total. The predicted octanol–water partition coefficient (Wildman–Crippen LogP) is 2.60. The van der Waals surface area contributed by atoms with Crippen LogP contribution in [0.15, 0.2) is 18.2 Å². The first-order chi connectivity index (χ1) is 10.2. The molecule has 0 saturated heterocycles. The average molecular weight is 305 g/mol. The van der Waals surface area contributed by atoms with Crippen molar-refractivity contribution in [2.45, 2.75) is 26.2 Å². The number of carbonyl (C=O) groups is 1. The fraction of sp³-hybridized carbons (Fsp3) is 0.471. The first-order valence-corrected chi connectivity index (χ1v) is 8.56. The van der Waals surface area contributed by atoms with Gasteiger partial charge < -0.3 is 10.4 Å². The van der Waals surface area contributed by atoms with E-state index in [-0.39, 0.29) is 12.5 Å². The van der Waals surface area contributed by atoms with Gasteiger partial charge in [-0.25, -0.2) is 0 Å². The molecule has 1 amide bonds. The van der Waals surface area contributed by atoms with Gasteiger partial charge >= 0.3 is 0 Å². The van der Waals surface area contributed by atoms with Crippen LogP contribution < -0.4 is 5.32 Å². The molecule has 21 heavy (non-hydrogen) atoms. The lowest BCUT2D eigenvalue weighted by Gasteiger charge is -2.09. The maximum atomic E-state index is 12.2. The zero-order valence-corrected chi connectivity index (χ0v) is 13.6. The van der Waals surface area contributed by atoms with Gasteiger partial charge in [-0.1, -0.05) is 24.3 Å². The summed E-state index contributed by atoms with van der Waals surface area (Å²) in [7, 11) is 0. The Morgan fingerprint density at radius 1 is 1.33 bits per heavy atom. The van der Waals surface area contributed by atoms with E-state index in [2.05, 4.69) is 23.4 Å². The lowest BCUT2D eigenvalue weighted by Crippen LogP contribution is -2.25. The summed E-state index contributed by atoms with van der Waals surface area (Å²) in [5.41, 5.74) is 2.30. The Balaban J connectivity index is 2.54. The van der Waals surface area contributed by atoms with Crippen molar-refractivity contribution in [2.75, 3.05) is 25.2 Å². The summed E-state index contributed by atoms with van der Waals surface area (Å²) in [6.45, 7) is 2.42. The smallest absolute Gasteiger partial charge is 0.251 e. The monoisotopic (exact) mass is 305 g/mol. The molecule has 0 aliphatic rings. The molecular formula is C17H23NO2S. The third-order valence-electron chi connectivity index (χ3n) is 3.19. The van der Waals surface area contributed by atoms with Gasteiger partial charge in [-0.15, -0.1) is 0 Å². The minimum atomic E-state index is -0.175. The Morgan fingerprint density at radius 3 is 2.86 bits per heavy atom. The van der Waals surface area contributed by atoms with E-state index in [4.69, 9.17) is 5.11 Å². The highest BCUT2D eigenvalue weighted by molar-refractivity contribution is 7.98. The summed E-state index contributed by atoms with van der Waals surface area (Å²) < 4.78 is 0. The Morgan fingerprint density at radius 2 is 2.14 bits per heavy atom. The zero-order valence-electron chi connectivity index (χ0n) is 12.7. The first kappa shape index (κ1) is 17.6. The Hall–Kier alpha value is -1.44. The van der Waals surface area contributed by atoms with Crippen LogP contribution in [0.5, 0.6) is 0 Å². The molecule has 0 atom stereocenters. The molecular weight excluding hydrogens is 282 g/mol. The van der Waals surface area contributed by atoms with Gasteiger partial charge in [0.05, 0.1) is 0 Å². The van der Waals surface area contributed by atoms with E-state index in [0.29, 0.717) is 12.1 Å². The Kier molecular flexibility index (Phi) is 8.65. The summed E-state index contributed by atoms with van der Waals surface area (Å²) in [4.78, 5) is 12.2. The van der Waals surface area contributed by atoms with E-state index in [9.17, 15) is 4.79 Å². The Labute approximate surface area is 131 Å². The van der Waals surface area contributed by atoms with Crippen LogP contribution in [0.2, 0.25) is 0 Å². The van der Waals surface area contributed by atoms with Gasteiger partial charge in [-0.3, -0.25) is 4.79 Å². The molecule has 0 saturated carbocycles. The van der Waals surface area contributed by atoms with Crippen molar-refractivity contribution in [3.05, 3.63) is 34.9 Å². The fourth-order valence-corrected chi connectivity index (χ4v) is 2.49. The molecule has 0 aliphatic carbocycles. The second-order valence-electron chi connectivity index (χ2n) is 4.75. The SMILES string of the molecule is CSCCCCCNC(=O)c1cccc(C#CCO)c1C. The average Bonchev–Trinajstić information content (AvgIpc) is 2.49. The number of unbranched alkanes of at least 4 members (excludes halogenated alkanes) is 2. The van der Waals surface area contributed by atoms with E-state index in [1.54, 1.807) is 0 Å². The van der Waals surface area contributed by atoms with Crippen LogP contribution in [-0.2, 0) is 0 Å². The molecule has 0 fully saturated rings. The highest BCUT2D eigenvalue weighted by Crippen LogP contribution is 2.13. The molecule has 1 aromatic carbocycles. The molecule has 1 rings (SSSR count). The largest absolute Gasteiger partial charge is 0.384 e. The van der Waals surface area contributed by atoms with Crippen molar-refractivity contribution in [3.63, 3.8) is 0 Å². The number of hydrogen-bond acceptors (Lipinski definition) is 3. The van der Waals surface area contributed by atoms with Gasteiger partial charge in [0.1, 0.15) is 6.61 Å². The van der Waals surface area contributed by atoms with Crippen molar-refractivity contribution in [1.82, 2.24) is 5.32 Å². The van der Waals surface area contributed by atoms with Gasteiger partial charge in [0.15, 0.2) is 0 Å². The number of aliphatic hydroxyl groups is 1. The first-order valence-electron chi connectivity index (χ1n) is 7.17. The van der Waals surface area contributed by atoms with Crippen LogP contribution in [0.3, 0.4) is 0 Å². The molecule has 3 nitrogen and oxygen atoms in total. The predicted molar refractivity (Wildman–Crippen MR) is 89.7 cm³/mol. The van der Waals surface area contributed by atoms with E-state index in [1.807, 2.05) is 36.9 Å². The summed E-state index contributed by atoms with van der Waals surface area (Å²) in [6, 6.07) is 5.49. The molecule has 0 aliphatic heterocycles. The topological polar surface area (TPSA) is 49.3 Å². The maximum absolute atomic E-state index is 12.2. The molecule has 0 bridgehead atoms. The molecule has 0 unspecified atom stereocenters. The number of hydrogen-bond donors (Lipinski definition) is 2. The molecule has 0 aromatic heterocycles. The van der Waals surface area contributed by atoms with E-state index in [0.717, 1.165) is 24.0 Å². The van der Waals surface area contributed by atoms with Gasteiger partial charge in [-0.05, 0) is 49.5 Å². The Bertz CT molecular complexity index is 517. The molecule has 1 aromatic rings. The maximum Gasteiger partial charge on any atom is 0.251 e. The summed E-state index contributed by atoms with van der Waals surface area (Å²) in [5.74, 6) is 6.61. The van der Waals surface area contributed by atoms with E-state index < -0.39 is 0 Å². The fourth-order valence-electron chi connectivity index (χ4n) is 2.00. The van der Waals surface area contributed by atoms with Crippen LogP contribution in [0.25, 0.3) is 0 Å². The van der Waals surface area contributed by atoms with E-state index in [1.165, 1.54) is 12.2 Å². The van der Waals surface area contributed by atoms with Crippen LogP contribution in [0, 0.1) is 18.8 Å². The van der Waals surface area contributed by atoms with Crippen molar-refractivity contribution >= 4 is 17.7 Å². The van der Waals surface area contributed by atoms with Gasteiger partial charge in [0.2, 0.25) is 0 Å². The highest BCUT2D eigenvalue weighted by Gasteiger charge is 2.10. The van der Waals surface area contributed by atoms with Crippen LogP contribution >= 0.6 is 11.8 Å². The zero-order chi connectivity index (χ0) is 15.5. The van der Waals surface area contributed by atoms with E-state index >= 15 is 0 Å². The summed E-state index contributed by atoms with van der Waals surface area (Å²) in [6.07, 6.45) is 5.46. The highest BCUT2D eigenvalue weighted by atomic mass is 32.2. The number of amides is 1. The summed E-state index contributed by atoms with van der Waals surface area (Å²) >= 11 is 1.85. The van der Waals surface area contributed by atoms with Crippen molar-refractivity contribution in [1.29, 1.82) is 0 Å². The van der Waals surface area contributed by atoms with Gasteiger partial charge in [0, 0.05) is 17.7 Å². The van der Waals surface area contributed by atoms with Crippen molar-refractivity contribution in [3.8, 4) is 11.8 Å². The number of benzene rings is 1. The van der Waals surface area contributed by atoms with Crippen LogP contribution in [-0.4, -0.2) is 36.2 Å². The number of nitrogens with one attached hydrogen (secondary N) is 1. The standard InChI is InChI=1S/C17H23NO2S/c1-14-15(9-7-12-19)8-6-10-16(14)17(20)18-11-4-3-5-13-21-2/h6,8,10,19H,3-5,11-13H2,1-2H3,(H,18,20). The van der Waals surface area contributed by atoms with Crippen molar-refractivity contribution < 1.29 is 9.90 Å². The third kappa shape index (κ3) is 6.24. The number of rotatable bonds is 7. The minimum absolute atomic E-state index is 0.0509. The molecule has 0 radical (unpaired) electrons. The van der Waals surface area contributed by atoms with Crippen LogP contribution in [0.4, 0.5) is 0 Å². The van der Waals surface area contributed by atoms with Crippen LogP contribution in [0.1, 0.15) is 40.7 Å². The van der Waals surface area contributed by atoms with Gasteiger partial charge in [-0.2, -0.15) is 11.8 Å². The lowest BCUT2D eigenvalue weighted by atomic mass is 10.0. The number of thioether (sulfide) groups is 1. The molecule has 114 valence electrons. The third-order valence-corrected chi connectivity index (χ3v) is 3.89. The molecule has 4 heteroatoms. The number of aliphatic hydroxyl groups excluding tert-OH is 1. The van der Waals surface area contributed by atoms with Gasteiger partial charge in [0.25, 0.3) is 5.91 Å². The van der Waals surface area contributed by atoms with Crippen molar-refractivity contribution in [2.24, 2.45) is 0 Å². The number of carbonyl (C=O) groups excluding carboxylic acids is 1. The lowest BCUT2D eigenvalue weighted by molar-refractivity contribution is 0.0952. The summed E-state index contributed by atoms with van der Waals surface area (Å²) in [5, 5.41) is 11.7. The molecule has 0 heterocycles. The molecule has 0 spiro atoms. The second-order valence-corrected chi connectivity index (χ2v) is 5.73. The normalized spacial score (nSPS) is 9.86. The quantitative estimate of drug-likeness (QED) is 0.601. The second kappa shape index (κ2) is 10.3. The minimum Gasteiger partial charge on any atom is -0.384 e.